The van der Waals surface area contributed by atoms with Crippen molar-refractivity contribution in [3.8, 4) is 23.0 Å². The minimum absolute atomic E-state index is 0.134. The molecule has 0 aliphatic heterocycles. The quantitative estimate of drug-likeness (QED) is 0.0376. The third kappa shape index (κ3) is 8.15. The van der Waals surface area contributed by atoms with Gasteiger partial charge in [-0.25, -0.2) is 0 Å². The van der Waals surface area contributed by atoms with Crippen molar-refractivity contribution in [1.29, 1.82) is 0 Å². The zero-order valence-corrected chi connectivity index (χ0v) is 28.7. The molecular formula is C41H54O5. The molecule has 0 aliphatic carbocycles. The molecule has 0 aliphatic rings. The molecule has 0 aromatic heterocycles. The fraction of sp³-hybridized carbons (Fsp3) is 0.488. The van der Waals surface area contributed by atoms with Crippen LogP contribution in [-0.4, -0.2) is 32.2 Å². The first-order chi connectivity index (χ1) is 22.6. The zero-order chi connectivity index (χ0) is 32.7. The monoisotopic (exact) mass is 626 g/mol. The highest BCUT2D eigenvalue weighted by atomic mass is 16.6. The Labute approximate surface area is 276 Å². The van der Waals surface area contributed by atoms with E-state index in [1.807, 2.05) is 25.1 Å². The van der Waals surface area contributed by atoms with Gasteiger partial charge >= 0.3 is 0 Å². The molecule has 0 heterocycles. The Morgan fingerprint density at radius 3 is 1.54 bits per heavy atom. The summed E-state index contributed by atoms with van der Waals surface area (Å²) >= 11 is 0. The lowest BCUT2D eigenvalue weighted by Gasteiger charge is -2.25. The molecule has 5 nitrogen and oxygen atoms in total. The van der Waals surface area contributed by atoms with Crippen LogP contribution in [0.3, 0.4) is 0 Å². The fourth-order valence-corrected chi connectivity index (χ4v) is 6.24. The molecule has 46 heavy (non-hydrogen) atoms. The van der Waals surface area contributed by atoms with Crippen LogP contribution in [0.5, 0.6) is 23.0 Å². The van der Waals surface area contributed by atoms with Crippen LogP contribution in [-0.2, 0) is 0 Å². The molecule has 0 spiro atoms. The van der Waals surface area contributed by atoms with Gasteiger partial charge in [-0.2, -0.15) is 0 Å². The number of ketones is 1. The number of unbranched alkanes of at least 4 members (excludes halogenated alkanes) is 9. The van der Waals surface area contributed by atoms with Gasteiger partial charge in [0.15, 0.2) is 17.3 Å². The summed E-state index contributed by atoms with van der Waals surface area (Å²) in [6.45, 7) is 14.5. The number of hydrogen-bond acceptors (Lipinski definition) is 5. The van der Waals surface area contributed by atoms with Gasteiger partial charge in [-0.3, -0.25) is 4.79 Å². The number of rotatable bonds is 22. The number of carbonyl (C=O) groups excluding carboxylic acids is 1. The predicted octanol–water partition coefficient (Wildman–Crippen LogP) is 11.8. The average Bonchev–Trinajstić information content (AvgIpc) is 3.08. The summed E-state index contributed by atoms with van der Waals surface area (Å²) in [5.74, 6) is 2.32. The van der Waals surface area contributed by atoms with Crippen molar-refractivity contribution in [3.05, 3.63) is 60.7 Å². The third-order valence-electron chi connectivity index (χ3n) is 8.60. The van der Waals surface area contributed by atoms with Crippen molar-refractivity contribution in [2.45, 2.75) is 105 Å². The molecule has 4 aromatic rings. The van der Waals surface area contributed by atoms with E-state index < -0.39 is 0 Å². The molecule has 0 unspecified atom stereocenters. The van der Waals surface area contributed by atoms with Crippen LogP contribution in [0.15, 0.2) is 55.1 Å². The van der Waals surface area contributed by atoms with Crippen LogP contribution in [0.1, 0.15) is 115 Å². The Morgan fingerprint density at radius 2 is 1.02 bits per heavy atom. The van der Waals surface area contributed by atoms with Crippen molar-refractivity contribution in [1.82, 2.24) is 0 Å². The molecule has 0 saturated carbocycles. The largest absolute Gasteiger partial charge is 0.489 e. The molecule has 4 aromatic carbocycles. The number of ether oxygens (including phenoxy) is 4. The molecular weight excluding hydrogens is 572 g/mol. The Kier molecular flexibility index (Phi) is 14.1. The van der Waals surface area contributed by atoms with Crippen molar-refractivity contribution >= 4 is 38.1 Å². The summed E-state index contributed by atoms with van der Waals surface area (Å²) in [5, 5.41) is 5.60. The van der Waals surface area contributed by atoms with E-state index in [4.69, 9.17) is 18.9 Å². The van der Waals surface area contributed by atoms with Gasteiger partial charge in [0, 0.05) is 21.7 Å². The van der Waals surface area contributed by atoms with E-state index in [-0.39, 0.29) is 5.78 Å². The zero-order valence-electron chi connectivity index (χ0n) is 28.7. The van der Waals surface area contributed by atoms with E-state index in [9.17, 15) is 4.79 Å². The maximum Gasteiger partial charge on any atom is 0.208 e. The van der Waals surface area contributed by atoms with Gasteiger partial charge in [0.05, 0.1) is 26.4 Å². The van der Waals surface area contributed by atoms with Crippen molar-refractivity contribution in [2.24, 2.45) is 0 Å². The molecule has 0 fully saturated rings. The summed E-state index contributed by atoms with van der Waals surface area (Å²) in [7, 11) is 0. The molecule has 0 atom stereocenters. The van der Waals surface area contributed by atoms with Gasteiger partial charge in [-0.1, -0.05) is 128 Å². The van der Waals surface area contributed by atoms with Gasteiger partial charge in [-0.15, -0.1) is 0 Å². The first kappa shape index (κ1) is 35.1. The van der Waals surface area contributed by atoms with Gasteiger partial charge in [0.2, 0.25) is 11.5 Å². The summed E-state index contributed by atoms with van der Waals surface area (Å²) in [4.78, 5) is 13.4. The predicted molar refractivity (Wildman–Crippen MR) is 194 cm³/mol. The first-order valence-electron chi connectivity index (χ1n) is 17.8. The lowest BCUT2D eigenvalue weighted by atomic mass is 9.89. The molecule has 0 saturated heterocycles. The van der Waals surface area contributed by atoms with Crippen LogP contribution in [0, 0.1) is 0 Å². The Balaban J connectivity index is 2.10. The lowest BCUT2D eigenvalue weighted by molar-refractivity contribution is 0.104. The molecule has 4 rings (SSSR count). The second-order valence-electron chi connectivity index (χ2n) is 12.1. The first-order valence-corrected chi connectivity index (χ1v) is 17.8. The van der Waals surface area contributed by atoms with E-state index in [0.717, 1.165) is 96.5 Å². The number of benzene rings is 4. The van der Waals surface area contributed by atoms with Crippen LogP contribution in [0.2, 0.25) is 0 Å². The normalized spacial score (nSPS) is 11.3. The molecule has 5 heteroatoms. The van der Waals surface area contributed by atoms with Crippen LogP contribution in [0.25, 0.3) is 32.3 Å². The smallest absolute Gasteiger partial charge is 0.208 e. The summed E-state index contributed by atoms with van der Waals surface area (Å²) in [6.07, 6.45) is 14.5. The Morgan fingerprint density at radius 1 is 0.543 bits per heavy atom. The molecule has 248 valence electrons. The SMILES string of the molecule is C=CC(=O)c1cccc2c3ccccc3c3c(OCCCCCC)c(OCCCCCC)c(OCCCCCC)c(OCC)c3c12. The maximum absolute atomic E-state index is 13.4. The van der Waals surface area contributed by atoms with Gasteiger partial charge in [0.25, 0.3) is 0 Å². The highest BCUT2D eigenvalue weighted by Crippen LogP contribution is 2.56. The van der Waals surface area contributed by atoms with E-state index in [1.165, 1.54) is 18.9 Å². The summed E-state index contributed by atoms with van der Waals surface area (Å²) in [5.41, 5.74) is 0.584. The highest BCUT2D eigenvalue weighted by Gasteiger charge is 2.29. The Hall–Kier alpha value is -3.73. The van der Waals surface area contributed by atoms with E-state index in [0.29, 0.717) is 55.0 Å². The Bertz CT molecular complexity index is 1590. The minimum Gasteiger partial charge on any atom is -0.489 e. The van der Waals surface area contributed by atoms with Crippen molar-refractivity contribution in [2.75, 3.05) is 26.4 Å². The van der Waals surface area contributed by atoms with Gasteiger partial charge < -0.3 is 18.9 Å². The van der Waals surface area contributed by atoms with Gasteiger partial charge in [-0.05, 0) is 48.4 Å². The fourth-order valence-electron chi connectivity index (χ4n) is 6.24. The van der Waals surface area contributed by atoms with Crippen LogP contribution in [0.4, 0.5) is 0 Å². The molecule has 0 radical (unpaired) electrons. The second kappa shape index (κ2) is 18.4. The summed E-state index contributed by atoms with van der Waals surface area (Å²) < 4.78 is 26.8. The van der Waals surface area contributed by atoms with Crippen molar-refractivity contribution < 1.29 is 23.7 Å². The molecule has 0 bridgehead atoms. The highest BCUT2D eigenvalue weighted by molar-refractivity contribution is 6.33. The third-order valence-corrected chi connectivity index (χ3v) is 8.60. The summed E-state index contributed by atoms with van der Waals surface area (Å²) in [6, 6.07) is 14.3. The standard InChI is InChI=1S/C41H54O5/c1-6-11-14-19-27-44-38-36-32-24-18-17-23-30(32)31-25-22-26-33(34(42)9-4)35(31)37(36)39(43-10-5)41(46-29-21-16-13-8-3)40(38)45-28-20-15-12-7-2/h9,17-18,22-26H,4,6-8,10-16,19-21,27-29H2,1-3,5H3. The molecule has 0 amide bonds. The molecule has 0 N–H and O–H groups in total. The number of fused-ring (bicyclic) bond motifs is 6. The van der Waals surface area contributed by atoms with E-state index in [1.54, 1.807) is 0 Å². The second-order valence-corrected chi connectivity index (χ2v) is 12.1. The lowest BCUT2D eigenvalue weighted by Crippen LogP contribution is -2.10. The number of hydrogen-bond donors (Lipinski definition) is 0. The number of allylic oxidation sites excluding steroid dienone is 1. The van der Waals surface area contributed by atoms with E-state index in [2.05, 4.69) is 51.6 Å². The minimum atomic E-state index is -0.134. The van der Waals surface area contributed by atoms with Crippen molar-refractivity contribution in [3.63, 3.8) is 0 Å². The average molecular weight is 627 g/mol. The van der Waals surface area contributed by atoms with E-state index >= 15 is 0 Å². The maximum atomic E-state index is 13.4. The van der Waals surface area contributed by atoms with Gasteiger partial charge in [0.1, 0.15) is 0 Å². The number of carbonyl (C=O) groups is 1. The van der Waals surface area contributed by atoms with Crippen LogP contribution >= 0.6 is 0 Å². The van der Waals surface area contributed by atoms with Crippen LogP contribution < -0.4 is 18.9 Å². The topological polar surface area (TPSA) is 54.0 Å².